The second-order valence-corrected chi connectivity index (χ2v) is 3.13. The van der Waals surface area contributed by atoms with E-state index in [9.17, 15) is 14.9 Å². The number of nitro groups is 1. The minimum Gasteiger partial charge on any atom is -0.294 e. The van der Waals surface area contributed by atoms with E-state index in [1.54, 1.807) is 11.5 Å². The SMILES string of the molecule is O=CC1([N+](=O)[O-])CC=CS1. The maximum absolute atomic E-state index is 10.3. The normalized spacial score (nSPS) is 30.4. The number of carbonyl (C=O) groups is 1. The molecule has 0 aromatic carbocycles. The van der Waals surface area contributed by atoms with Crippen LogP contribution in [0.15, 0.2) is 11.5 Å². The molecule has 0 radical (unpaired) electrons. The topological polar surface area (TPSA) is 60.2 Å². The highest BCUT2D eigenvalue weighted by Gasteiger charge is 2.44. The third kappa shape index (κ3) is 0.923. The zero-order chi connectivity index (χ0) is 7.61. The molecule has 1 rings (SSSR count). The van der Waals surface area contributed by atoms with E-state index < -0.39 is 9.79 Å². The lowest BCUT2D eigenvalue weighted by Gasteiger charge is -2.09. The Kier molecular flexibility index (Phi) is 1.76. The Balaban J connectivity index is 2.80. The van der Waals surface area contributed by atoms with Crippen LogP contribution in [0.2, 0.25) is 0 Å². The van der Waals surface area contributed by atoms with Crippen molar-refractivity contribution in [3.8, 4) is 0 Å². The van der Waals surface area contributed by atoms with Gasteiger partial charge < -0.3 is 0 Å². The maximum atomic E-state index is 10.3. The number of nitrogens with zero attached hydrogens (tertiary/aromatic N) is 1. The molecule has 0 N–H and O–H groups in total. The van der Waals surface area contributed by atoms with E-state index in [-0.39, 0.29) is 6.42 Å². The summed E-state index contributed by atoms with van der Waals surface area (Å²) in [5, 5.41) is 11.8. The summed E-state index contributed by atoms with van der Waals surface area (Å²) in [5.74, 6) is 0. The highest BCUT2D eigenvalue weighted by Crippen LogP contribution is 2.34. The number of rotatable bonds is 2. The van der Waals surface area contributed by atoms with Crippen molar-refractivity contribution in [3.63, 3.8) is 0 Å². The molecule has 0 spiro atoms. The lowest BCUT2D eigenvalue weighted by atomic mass is 10.2. The molecule has 1 atom stereocenters. The predicted octanol–water partition coefficient (Wildman–Crippen LogP) is 0.809. The first-order valence-corrected chi connectivity index (χ1v) is 3.53. The third-order valence-electron chi connectivity index (χ3n) is 1.27. The molecule has 1 aliphatic rings. The van der Waals surface area contributed by atoms with Gasteiger partial charge in [0.25, 0.3) is 0 Å². The minimum atomic E-state index is -1.42. The number of aldehydes is 1. The van der Waals surface area contributed by atoms with Crippen LogP contribution >= 0.6 is 11.8 Å². The van der Waals surface area contributed by atoms with Crippen LogP contribution in [-0.2, 0) is 4.79 Å². The van der Waals surface area contributed by atoms with Crippen LogP contribution < -0.4 is 0 Å². The molecule has 0 amide bonds. The van der Waals surface area contributed by atoms with Gasteiger partial charge in [-0.3, -0.25) is 14.9 Å². The van der Waals surface area contributed by atoms with Crippen molar-refractivity contribution in [1.82, 2.24) is 0 Å². The lowest BCUT2D eigenvalue weighted by molar-refractivity contribution is -0.518. The molecular formula is C5H5NO3S. The highest BCUT2D eigenvalue weighted by molar-refractivity contribution is 8.04. The van der Waals surface area contributed by atoms with E-state index in [4.69, 9.17) is 0 Å². The van der Waals surface area contributed by atoms with E-state index in [2.05, 4.69) is 0 Å². The molecule has 4 nitrogen and oxygen atoms in total. The van der Waals surface area contributed by atoms with Crippen molar-refractivity contribution in [1.29, 1.82) is 0 Å². The zero-order valence-corrected chi connectivity index (χ0v) is 5.84. The molecule has 0 saturated carbocycles. The second-order valence-electron chi connectivity index (χ2n) is 1.91. The summed E-state index contributed by atoms with van der Waals surface area (Å²) in [5.41, 5.74) is 0. The van der Waals surface area contributed by atoms with Gasteiger partial charge in [0.2, 0.25) is 6.29 Å². The van der Waals surface area contributed by atoms with Crippen LogP contribution in [0.25, 0.3) is 0 Å². The van der Waals surface area contributed by atoms with Crippen LogP contribution in [0.1, 0.15) is 6.42 Å². The van der Waals surface area contributed by atoms with Gasteiger partial charge in [0.15, 0.2) is 0 Å². The molecule has 0 bridgehead atoms. The van der Waals surface area contributed by atoms with Crippen molar-refractivity contribution in [2.24, 2.45) is 0 Å². The van der Waals surface area contributed by atoms with E-state index in [0.717, 1.165) is 11.8 Å². The largest absolute Gasteiger partial charge is 0.328 e. The van der Waals surface area contributed by atoms with Crippen molar-refractivity contribution < 1.29 is 9.72 Å². The van der Waals surface area contributed by atoms with Gasteiger partial charge in [-0.15, -0.1) is 0 Å². The average Bonchev–Trinajstić information content (AvgIpc) is 2.35. The Labute approximate surface area is 61.4 Å². The predicted molar refractivity (Wildman–Crippen MR) is 37.1 cm³/mol. The molecule has 10 heavy (non-hydrogen) atoms. The number of hydrogen-bond donors (Lipinski definition) is 0. The zero-order valence-electron chi connectivity index (χ0n) is 5.02. The summed E-state index contributed by atoms with van der Waals surface area (Å²) in [7, 11) is 0. The van der Waals surface area contributed by atoms with E-state index in [1.807, 2.05) is 0 Å². The first kappa shape index (κ1) is 7.27. The van der Waals surface area contributed by atoms with Crippen LogP contribution in [0.3, 0.4) is 0 Å². The van der Waals surface area contributed by atoms with Gasteiger partial charge in [0, 0.05) is 4.92 Å². The molecule has 5 heteroatoms. The summed E-state index contributed by atoms with van der Waals surface area (Å²) in [6, 6.07) is 0. The van der Waals surface area contributed by atoms with Crippen LogP contribution in [-0.4, -0.2) is 16.1 Å². The van der Waals surface area contributed by atoms with Gasteiger partial charge in [-0.05, 0) is 17.2 Å². The van der Waals surface area contributed by atoms with Crippen LogP contribution in [0.5, 0.6) is 0 Å². The van der Waals surface area contributed by atoms with Crippen LogP contribution in [0, 0.1) is 10.1 Å². The monoisotopic (exact) mass is 159 g/mol. The van der Waals surface area contributed by atoms with Gasteiger partial charge in [0.1, 0.15) is 0 Å². The Morgan fingerprint density at radius 3 is 2.70 bits per heavy atom. The summed E-state index contributed by atoms with van der Waals surface area (Å²) >= 11 is 0.950. The Bertz CT molecular complexity index is 193. The smallest absolute Gasteiger partial charge is 0.294 e. The van der Waals surface area contributed by atoms with Crippen molar-refractivity contribution in [2.45, 2.75) is 11.3 Å². The van der Waals surface area contributed by atoms with E-state index in [0.29, 0.717) is 6.29 Å². The van der Waals surface area contributed by atoms with Crippen molar-refractivity contribution in [2.75, 3.05) is 0 Å². The second kappa shape index (κ2) is 2.42. The highest BCUT2D eigenvalue weighted by atomic mass is 32.2. The summed E-state index contributed by atoms with van der Waals surface area (Å²) in [4.78, 5) is 18.6. The molecule has 1 unspecified atom stereocenters. The molecule has 0 aromatic heterocycles. The molecule has 0 saturated heterocycles. The third-order valence-corrected chi connectivity index (χ3v) is 2.42. The Morgan fingerprint density at radius 2 is 2.50 bits per heavy atom. The Morgan fingerprint density at radius 1 is 1.80 bits per heavy atom. The van der Waals surface area contributed by atoms with Crippen LogP contribution in [0.4, 0.5) is 0 Å². The van der Waals surface area contributed by atoms with Gasteiger partial charge in [0.05, 0.1) is 6.42 Å². The molecule has 1 heterocycles. The molecular weight excluding hydrogens is 154 g/mol. The van der Waals surface area contributed by atoms with E-state index >= 15 is 0 Å². The first-order chi connectivity index (χ1) is 4.71. The fourth-order valence-corrected chi connectivity index (χ4v) is 1.43. The number of carbonyl (C=O) groups excluding carboxylic acids is 1. The summed E-state index contributed by atoms with van der Waals surface area (Å²) < 4.78 is 0. The summed E-state index contributed by atoms with van der Waals surface area (Å²) in [6.45, 7) is 0. The molecule has 0 fully saturated rings. The minimum absolute atomic E-state index is 0.203. The molecule has 1 aliphatic heterocycles. The van der Waals surface area contributed by atoms with Gasteiger partial charge >= 0.3 is 4.87 Å². The maximum Gasteiger partial charge on any atom is 0.328 e. The first-order valence-electron chi connectivity index (χ1n) is 2.65. The lowest BCUT2D eigenvalue weighted by Crippen LogP contribution is -2.33. The fraction of sp³-hybridized carbons (Fsp3) is 0.400. The molecule has 0 aromatic rings. The number of thioether (sulfide) groups is 1. The fourth-order valence-electron chi connectivity index (χ4n) is 0.668. The van der Waals surface area contributed by atoms with Gasteiger partial charge in [-0.25, -0.2) is 0 Å². The quantitative estimate of drug-likeness (QED) is 0.340. The molecule has 54 valence electrons. The van der Waals surface area contributed by atoms with Crippen molar-refractivity contribution in [3.05, 3.63) is 21.6 Å². The average molecular weight is 159 g/mol. The van der Waals surface area contributed by atoms with Gasteiger partial charge in [-0.1, -0.05) is 6.08 Å². The Hall–Kier alpha value is -0.840. The standard InChI is InChI=1S/C5H5NO3S/c7-4-5(6(8)9)2-1-3-10-5/h1,3-4H,2H2. The van der Waals surface area contributed by atoms with E-state index in [1.165, 1.54) is 0 Å². The van der Waals surface area contributed by atoms with Crippen molar-refractivity contribution >= 4 is 18.0 Å². The number of hydrogen-bond acceptors (Lipinski definition) is 4. The van der Waals surface area contributed by atoms with Gasteiger partial charge in [-0.2, -0.15) is 0 Å². The molecule has 0 aliphatic carbocycles. The summed E-state index contributed by atoms with van der Waals surface area (Å²) in [6.07, 6.45) is 2.22.